The second kappa shape index (κ2) is 10.6. The number of hydrogen-bond acceptors (Lipinski definition) is 6. The molecule has 0 radical (unpaired) electrons. The lowest BCUT2D eigenvalue weighted by Crippen LogP contribution is -2.66. The molecule has 1 spiro atoms. The van der Waals surface area contributed by atoms with Crippen LogP contribution in [-0.4, -0.2) is 54.8 Å². The highest BCUT2D eigenvalue weighted by molar-refractivity contribution is 6.20. The highest BCUT2D eigenvalue weighted by Crippen LogP contribution is 2.49. The molecule has 1 saturated heterocycles. The average molecular weight is 577 g/mol. The van der Waals surface area contributed by atoms with Crippen LogP contribution in [0.1, 0.15) is 40.9 Å². The number of amides is 1. The Hall–Kier alpha value is -4.18. The molecule has 0 saturated carbocycles. The summed E-state index contributed by atoms with van der Waals surface area (Å²) >= 11 is 0. The summed E-state index contributed by atoms with van der Waals surface area (Å²) in [6, 6.07) is 20.0. The van der Waals surface area contributed by atoms with Crippen LogP contribution < -0.4 is 9.91 Å². The number of hydrogen-bond donors (Lipinski definition) is 0. The zero-order valence-electron chi connectivity index (χ0n) is 23.4. The predicted molar refractivity (Wildman–Crippen MR) is 153 cm³/mol. The van der Waals surface area contributed by atoms with Crippen LogP contribution in [-0.2, 0) is 28.7 Å². The van der Waals surface area contributed by atoms with Gasteiger partial charge in [0.25, 0.3) is 5.91 Å². The van der Waals surface area contributed by atoms with Crippen LogP contribution in [0.25, 0.3) is 0 Å². The smallest absolute Gasteiger partial charge is 0.416 e. The van der Waals surface area contributed by atoms with Gasteiger partial charge < -0.3 is 9.64 Å². The van der Waals surface area contributed by atoms with Crippen LogP contribution >= 0.6 is 0 Å². The summed E-state index contributed by atoms with van der Waals surface area (Å²) in [5, 5.41) is 6.02. The van der Waals surface area contributed by atoms with E-state index in [2.05, 4.69) is 27.0 Å². The van der Waals surface area contributed by atoms with Crippen molar-refractivity contribution >= 4 is 29.0 Å². The molecule has 218 valence electrons. The van der Waals surface area contributed by atoms with Gasteiger partial charge >= 0.3 is 12.1 Å². The second-order valence-corrected chi connectivity index (χ2v) is 11.0. The zero-order valence-corrected chi connectivity index (χ0v) is 23.4. The molecule has 1 amide bonds. The molecule has 6 rings (SSSR count). The maximum absolute atomic E-state index is 14.5. The van der Waals surface area contributed by atoms with Crippen LogP contribution in [0.2, 0.25) is 0 Å². The molecule has 3 heterocycles. The number of fused-ring (bicyclic) bond motifs is 4. The Balaban J connectivity index is 1.38. The molecule has 0 aliphatic carbocycles. The third-order valence-electron chi connectivity index (χ3n) is 8.56. The summed E-state index contributed by atoms with van der Waals surface area (Å²) in [7, 11) is 0. The van der Waals surface area contributed by atoms with Crippen molar-refractivity contribution in [3.8, 4) is 0 Å². The van der Waals surface area contributed by atoms with E-state index in [0.29, 0.717) is 48.7 Å². The summed E-state index contributed by atoms with van der Waals surface area (Å²) in [6.45, 7) is 6.26. The number of alkyl halides is 3. The number of rotatable bonds is 5. The van der Waals surface area contributed by atoms with Gasteiger partial charge in [-0.1, -0.05) is 30.3 Å². The highest BCUT2D eigenvalue weighted by Gasteiger charge is 2.60. The number of carbonyl (C=O) groups excluding carboxylic acids is 2. The van der Waals surface area contributed by atoms with Gasteiger partial charge in [-0.15, -0.1) is 0 Å². The number of halogens is 3. The molecule has 2 atom stereocenters. The van der Waals surface area contributed by atoms with Gasteiger partial charge in [0, 0.05) is 31.9 Å². The van der Waals surface area contributed by atoms with E-state index in [1.165, 1.54) is 11.1 Å². The van der Waals surface area contributed by atoms with Crippen LogP contribution in [0.5, 0.6) is 0 Å². The minimum Gasteiger partial charge on any atom is -0.462 e. The Kier molecular flexibility index (Phi) is 7.04. The lowest BCUT2D eigenvalue weighted by Gasteiger charge is -2.53. The van der Waals surface area contributed by atoms with E-state index in [4.69, 9.17) is 4.74 Å². The van der Waals surface area contributed by atoms with E-state index in [0.717, 1.165) is 17.3 Å². The Labute approximate surface area is 242 Å². The van der Waals surface area contributed by atoms with Gasteiger partial charge in [0.2, 0.25) is 0 Å². The molecule has 3 aromatic carbocycles. The van der Waals surface area contributed by atoms with Gasteiger partial charge in [0.05, 0.1) is 35.2 Å². The summed E-state index contributed by atoms with van der Waals surface area (Å²) in [5.74, 6) is -0.753. The van der Waals surface area contributed by atoms with Gasteiger partial charge in [0.15, 0.2) is 0 Å². The summed E-state index contributed by atoms with van der Waals surface area (Å²) in [5.41, 5.74) is 1.86. The minimum absolute atomic E-state index is 0.109. The van der Waals surface area contributed by atoms with E-state index in [9.17, 15) is 22.8 Å². The van der Waals surface area contributed by atoms with E-state index in [1.807, 2.05) is 18.2 Å². The van der Waals surface area contributed by atoms with Gasteiger partial charge in [-0.25, -0.2) is 4.79 Å². The van der Waals surface area contributed by atoms with Crippen molar-refractivity contribution in [2.24, 2.45) is 10.5 Å². The first-order valence-corrected chi connectivity index (χ1v) is 14.0. The van der Waals surface area contributed by atoms with Crippen LogP contribution in [0.15, 0.2) is 77.9 Å². The van der Waals surface area contributed by atoms with E-state index in [1.54, 1.807) is 44.2 Å². The molecule has 7 nitrogen and oxygen atoms in total. The van der Waals surface area contributed by atoms with Crippen molar-refractivity contribution in [3.63, 3.8) is 0 Å². The first-order chi connectivity index (χ1) is 20.1. The molecule has 0 N–H and O–H groups in total. The van der Waals surface area contributed by atoms with Gasteiger partial charge in [0.1, 0.15) is 5.41 Å². The van der Waals surface area contributed by atoms with Crippen molar-refractivity contribution in [2.45, 2.75) is 39.0 Å². The number of carbonyl (C=O) groups is 2. The third-order valence-corrected chi connectivity index (χ3v) is 8.56. The van der Waals surface area contributed by atoms with Crippen molar-refractivity contribution < 1.29 is 27.5 Å². The van der Waals surface area contributed by atoms with Gasteiger partial charge in [-0.3, -0.25) is 9.69 Å². The second-order valence-electron chi connectivity index (χ2n) is 11.0. The molecule has 0 unspecified atom stereocenters. The van der Waals surface area contributed by atoms with Crippen molar-refractivity contribution in [1.29, 1.82) is 0 Å². The average Bonchev–Trinajstić information content (AvgIpc) is 3.22. The monoisotopic (exact) mass is 576 g/mol. The molecule has 10 heteroatoms. The highest BCUT2D eigenvalue weighted by atomic mass is 19.4. The zero-order chi connectivity index (χ0) is 29.6. The molecule has 0 aromatic heterocycles. The Morgan fingerprint density at radius 2 is 1.79 bits per heavy atom. The maximum atomic E-state index is 14.5. The third kappa shape index (κ3) is 4.73. The molecule has 3 aliphatic heterocycles. The van der Waals surface area contributed by atoms with Crippen LogP contribution in [0.4, 0.5) is 24.5 Å². The van der Waals surface area contributed by atoms with Crippen molar-refractivity contribution in [2.75, 3.05) is 36.1 Å². The number of anilines is 2. The molecule has 0 bridgehead atoms. The quantitative estimate of drug-likeness (QED) is 0.374. The lowest BCUT2D eigenvalue weighted by molar-refractivity contribution is -0.137. The molecular weight excluding hydrogens is 545 g/mol. The molecule has 3 aromatic rings. The summed E-state index contributed by atoms with van der Waals surface area (Å²) in [6.07, 6.45) is -4.39. The molecule has 1 fully saturated rings. The van der Waals surface area contributed by atoms with E-state index >= 15 is 0 Å². The maximum Gasteiger partial charge on any atom is 0.416 e. The number of ether oxygens (including phenoxy) is 1. The fourth-order valence-corrected chi connectivity index (χ4v) is 6.48. The van der Waals surface area contributed by atoms with E-state index < -0.39 is 23.1 Å². The standard InChI is InChI=1S/C32H31F3N4O3/c1-3-42-29(40)23-9-12-26(13-10-23)39-30(41)31(21(2)36-39)18-24-17-25(32(33,34)35)11-14-27(24)38-16-15-37(20-28(31)38)19-22-7-5-4-6-8-22/h4-14,17,28H,3,15-16,18-20H2,1-2H3/t28-,31+/m1/s1. The Bertz CT molecular complexity index is 1540. The largest absolute Gasteiger partial charge is 0.462 e. The number of piperazine rings is 1. The van der Waals surface area contributed by atoms with Crippen molar-refractivity contribution in [3.05, 3.63) is 95.1 Å². The van der Waals surface area contributed by atoms with Gasteiger partial charge in [-0.05, 0) is 73.9 Å². The summed E-state index contributed by atoms with van der Waals surface area (Å²) in [4.78, 5) is 31.0. The van der Waals surface area contributed by atoms with Crippen LogP contribution in [0, 0.1) is 5.41 Å². The predicted octanol–water partition coefficient (Wildman–Crippen LogP) is 5.54. The normalized spacial score (nSPS) is 22.2. The molecular formula is C32H31F3N4O3. The lowest BCUT2D eigenvalue weighted by atomic mass is 9.67. The Morgan fingerprint density at radius 3 is 2.48 bits per heavy atom. The number of benzene rings is 3. The fourth-order valence-electron chi connectivity index (χ4n) is 6.48. The Morgan fingerprint density at radius 1 is 1.05 bits per heavy atom. The number of hydrazone groups is 1. The topological polar surface area (TPSA) is 65.5 Å². The SMILES string of the molecule is CCOC(=O)c1ccc(N2N=C(C)[C@]3(Cc4cc(C(F)(F)F)ccc4N4CCN(Cc5ccccc5)C[C@@H]43)C2=O)cc1. The number of nitrogens with zero attached hydrogens (tertiary/aromatic N) is 4. The van der Waals surface area contributed by atoms with Crippen molar-refractivity contribution in [1.82, 2.24) is 4.90 Å². The molecule has 42 heavy (non-hydrogen) atoms. The summed E-state index contributed by atoms with van der Waals surface area (Å²) < 4.78 is 46.3. The van der Waals surface area contributed by atoms with E-state index in [-0.39, 0.29) is 25.0 Å². The van der Waals surface area contributed by atoms with Crippen LogP contribution in [0.3, 0.4) is 0 Å². The first kappa shape index (κ1) is 28.0. The first-order valence-electron chi connectivity index (χ1n) is 14.0. The minimum atomic E-state index is -4.50. The van der Waals surface area contributed by atoms with Gasteiger partial charge in [-0.2, -0.15) is 23.3 Å². The fraction of sp³-hybridized carbons (Fsp3) is 0.344. The molecule has 3 aliphatic rings. The number of esters is 1.